The first-order valence-corrected chi connectivity index (χ1v) is 11.7. The molecule has 2 aromatic rings. The molecule has 4 rings (SSSR count). The lowest BCUT2D eigenvalue weighted by Crippen LogP contribution is -2.50. The van der Waals surface area contributed by atoms with Gasteiger partial charge in [0.15, 0.2) is 0 Å². The Morgan fingerprint density at radius 1 is 1.26 bits per heavy atom. The molecule has 31 heavy (non-hydrogen) atoms. The van der Waals surface area contributed by atoms with Crippen LogP contribution in [0.1, 0.15) is 36.2 Å². The van der Waals surface area contributed by atoms with Crippen LogP contribution in [0.5, 0.6) is 5.75 Å². The molecular formula is C23H28FN3O3S. The summed E-state index contributed by atoms with van der Waals surface area (Å²) in [5.41, 5.74) is 1.10. The van der Waals surface area contributed by atoms with Crippen molar-refractivity contribution in [2.45, 2.75) is 32.2 Å². The largest absolute Gasteiger partial charge is 0.491 e. The van der Waals surface area contributed by atoms with Gasteiger partial charge in [-0.3, -0.25) is 4.79 Å². The van der Waals surface area contributed by atoms with E-state index in [1.165, 1.54) is 17.0 Å². The number of fused-ring (bicyclic) bond motifs is 1. The molecule has 0 spiro atoms. The van der Waals surface area contributed by atoms with Gasteiger partial charge in [-0.1, -0.05) is 0 Å². The number of amides is 3. The Balaban J connectivity index is 1.48. The average molecular weight is 446 g/mol. The van der Waals surface area contributed by atoms with Gasteiger partial charge in [-0.15, -0.1) is 11.3 Å². The van der Waals surface area contributed by atoms with Crippen LogP contribution in [0.2, 0.25) is 0 Å². The number of rotatable bonds is 8. The topological polar surface area (TPSA) is 61.9 Å². The lowest BCUT2D eigenvalue weighted by molar-refractivity contribution is -0.135. The fraction of sp³-hybridized carbons (Fsp3) is 0.478. The van der Waals surface area contributed by atoms with Crippen LogP contribution in [-0.4, -0.2) is 54.5 Å². The summed E-state index contributed by atoms with van der Waals surface area (Å²) in [6.07, 6.45) is 3.02. The minimum atomic E-state index is -0.317. The standard InChI is InChI=1S/C23H28FN3O3S/c1-2-25-23(29)26(13-16-3-4-16)14-22(28)27-11-9-21-19(10-12-31-21)20(27)15-30-18-7-5-17(24)6-8-18/h5-8,10,12,16,20H,2-4,9,11,13-15H2,1H3,(H,25,29)/t20-/m1/s1. The number of nitrogens with zero attached hydrogens (tertiary/aromatic N) is 2. The highest BCUT2D eigenvalue weighted by Gasteiger charge is 2.34. The highest BCUT2D eigenvalue weighted by atomic mass is 32.1. The molecule has 1 N–H and O–H groups in total. The number of nitrogens with one attached hydrogen (secondary N) is 1. The fourth-order valence-corrected chi connectivity index (χ4v) is 4.86. The van der Waals surface area contributed by atoms with Gasteiger partial charge < -0.3 is 19.9 Å². The number of carbonyl (C=O) groups is 2. The van der Waals surface area contributed by atoms with Crippen LogP contribution in [0.15, 0.2) is 35.7 Å². The smallest absolute Gasteiger partial charge is 0.317 e. The molecule has 1 saturated carbocycles. The third-order valence-corrected chi connectivity index (χ3v) is 6.75. The van der Waals surface area contributed by atoms with Crippen molar-refractivity contribution >= 4 is 23.3 Å². The molecule has 1 atom stereocenters. The zero-order valence-corrected chi connectivity index (χ0v) is 18.5. The first kappa shape index (κ1) is 21.6. The predicted octanol–water partition coefficient (Wildman–Crippen LogP) is 3.83. The maximum absolute atomic E-state index is 13.3. The van der Waals surface area contributed by atoms with E-state index < -0.39 is 0 Å². The van der Waals surface area contributed by atoms with Gasteiger partial charge in [0.25, 0.3) is 0 Å². The molecule has 6 nitrogen and oxygen atoms in total. The minimum absolute atomic E-state index is 0.0643. The van der Waals surface area contributed by atoms with E-state index >= 15 is 0 Å². The minimum Gasteiger partial charge on any atom is -0.491 e. The van der Waals surface area contributed by atoms with Crippen molar-refractivity contribution in [1.29, 1.82) is 0 Å². The number of carbonyl (C=O) groups excluding carboxylic acids is 2. The van der Waals surface area contributed by atoms with Crippen molar-refractivity contribution < 1.29 is 18.7 Å². The molecule has 1 aromatic carbocycles. The first-order valence-electron chi connectivity index (χ1n) is 10.8. The molecule has 2 heterocycles. The number of halogens is 1. The van der Waals surface area contributed by atoms with E-state index in [1.807, 2.05) is 23.3 Å². The van der Waals surface area contributed by atoms with E-state index in [4.69, 9.17) is 4.74 Å². The van der Waals surface area contributed by atoms with Gasteiger partial charge in [0, 0.05) is 24.5 Å². The zero-order valence-electron chi connectivity index (χ0n) is 17.7. The Morgan fingerprint density at radius 3 is 2.74 bits per heavy atom. The summed E-state index contributed by atoms with van der Waals surface area (Å²) in [5.74, 6) is 0.672. The molecule has 0 bridgehead atoms. The Morgan fingerprint density at radius 2 is 2.03 bits per heavy atom. The predicted molar refractivity (Wildman–Crippen MR) is 118 cm³/mol. The van der Waals surface area contributed by atoms with Gasteiger partial charge in [0.1, 0.15) is 24.7 Å². The summed E-state index contributed by atoms with van der Waals surface area (Å²) in [6.45, 7) is 3.97. The summed E-state index contributed by atoms with van der Waals surface area (Å²) in [7, 11) is 0. The second-order valence-electron chi connectivity index (χ2n) is 8.08. The lowest BCUT2D eigenvalue weighted by Gasteiger charge is -2.37. The summed E-state index contributed by atoms with van der Waals surface area (Å²) < 4.78 is 19.1. The molecule has 0 unspecified atom stereocenters. The summed E-state index contributed by atoms with van der Waals surface area (Å²) in [6, 6.07) is 7.52. The van der Waals surface area contributed by atoms with Gasteiger partial charge in [-0.05, 0) is 73.4 Å². The molecule has 1 aliphatic heterocycles. The van der Waals surface area contributed by atoms with E-state index in [1.54, 1.807) is 28.4 Å². The Hall–Kier alpha value is -2.61. The molecule has 1 aromatic heterocycles. The van der Waals surface area contributed by atoms with E-state index in [9.17, 15) is 14.0 Å². The van der Waals surface area contributed by atoms with E-state index in [0.29, 0.717) is 31.3 Å². The van der Waals surface area contributed by atoms with Crippen LogP contribution in [0.3, 0.4) is 0 Å². The number of ether oxygens (including phenoxy) is 1. The summed E-state index contributed by atoms with van der Waals surface area (Å²) in [5, 5.41) is 4.86. The zero-order chi connectivity index (χ0) is 21.8. The molecule has 8 heteroatoms. The van der Waals surface area contributed by atoms with Gasteiger partial charge in [-0.25, -0.2) is 9.18 Å². The van der Waals surface area contributed by atoms with Crippen molar-refractivity contribution in [3.05, 3.63) is 52.0 Å². The molecule has 1 aliphatic carbocycles. The highest BCUT2D eigenvalue weighted by Crippen LogP contribution is 2.34. The molecule has 1 fully saturated rings. The number of thiophene rings is 1. The Kier molecular flexibility index (Phi) is 6.75. The van der Waals surface area contributed by atoms with Gasteiger partial charge in [0.05, 0.1) is 6.04 Å². The second kappa shape index (κ2) is 9.68. The van der Waals surface area contributed by atoms with Gasteiger partial charge >= 0.3 is 6.03 Å². The van der Waals surface area contributed by atoms with E-state index in [2.05, 4.69) is 5.32 Å². The number of hydrogen-bond acceptors (Lipinski definition) is 4. The van der Waals surface area contributed by atoms with Crippen LogP contribution in [0.25, 0.3) is 0 Å². The summed E-state index contributed by atoms with van der Waals surface area (Å²) >= 11 is 1.69. The average Bonchev–Trinajstić information content (AvgIpc) is 3.45. The maximum atomic E-state index is 13.3. The van der Waals surface area contributed by atoms with E-state index in [-0.39, 0.29) is 36.9 Å². The van der Waals surface area contributed by atoms with E-state index in [0.717, 1.165) is 24.8 Å². The SMILES string of the molecule is CCNC(=O)N(CC(=O)N1CCc2sccc2[C@H]1COc1ccc(F)cc1)CC1CC1. The quantitative estimate of drug-likeness (QED) is 0.672. The molecule has 3 amide bonds. The maximum Gasteiger partial charge on any atom is 0.317 e. The number of benzene rings is 1. The molecular weight excluding hydrogens is 417 g/mol. The Labute approximate surface area is 186 Å². The van der Waals surface area contributed by atoms with Crippen LogP contribution < -0.4 is 10.1 Å². The first-order chi connectivity index (χ1) is 15.0. The summed E-state index contributed by atoms with van der Waals surface area (Å²) in [4.78, 5) is 30.5. The van der Waals surface area contributed by atoms with Crippen molar-refractivity contribution in [2.24, 2.45) is 5.92 Å². The molecule has 2 aliphatic rings. The third-order valence-electron chi connectivity index (χ3n) is 5.75. The number of hydrogen-bond donors (Lipinski definition) is 1. The van der Waals surface area contributed by atoms with Crippen LogP contribution in [0, 0.1) is 11.7 Å². The van der Waals surface area contributed by atoms with Crippen molar-refractivity contribution in [1.82, 2.24) is 15.1 Å². The molecule has 0 saturated heterocycles. The highest BCUT2D eigenvalue weighted by molar-refractivity contribution is 7.10. The van der Waals surface area contributed by atoms with Crippen LogP contribution in [0.4, 0.5) is 9.18 Å². The van der Waals surface area contributed by atoms with Crippen LogP contribution in [-0.2, 0) is 11.2 Å². The van der Waals surface area contributed by atoms with Crippen molar-refractivity contribution in [3.8, 4) is 5.75 Å². The monoisotopic (exact) mass is 445 g/mol. The van der Waals surface area contributed by atoms with Crippen molar-refractivity contribution in [2.75, 3.05) is 32.8 Å². The van der Waals surface area contributed by atoms with Gasteiger partial charge in [-0.2, -0.15) is 0 Å². The molecule has 166 valence electrons. The normalized spacial score (nSPS) is 17.7. The lowest BCUT2D eigenvalue weighted by atomic mass is 10.0. The number of urea groups is 1. The Bertz CT molecular complexity index is 913. The van der Waals surface area contributed by atoms with Gasteiger partial charge in [0.2, 0.25) is 5.91 Å². The van der Waals surface area contributed by atoms with Crippen molar-refractivity contribution in [3.63, 3.8) is 0 Å². The van der Waals surface area contributed by atoms with Crippen LogP contribution >= 0.6 is 11.3 Å². The third kappa shape index (κ3) is 5.36. The second-order valence-corrected chi connectivity index (χ2v) is 9.08. The fourth-order valence-electron chi connectivity index (χ4n) is 3.93. The molecule has 0 radical (unpaired) electrons.